The number of imidazole rings is 1. The van der Waals surface area contributed by atoms with Gasteiger partial charge in [-0.05, 0) is 24.6 Å². The Bertz CT molecular complexity index is 718. The fourth-order valence-electron chi connectivity index (χ4n) is 1.93. The van der Waals surface area contributed by atoms with Gasteiger partial charge in [-0.25, -0.2) is 9.78 Å². The molecule has 6 heteroatoms. The van der Waals surface area contributed by atoms with Gasteiger partial charge in [-0.3, -0.25) is 4.40 Å². The second kappa shape index (κ2) is 5.34. The summed E-state index contributed by atoms with van der Waals surface area (Å²) in [5.41, 5.74) is 2.74. The summed E-state index contributed by atoms with van der Waals surface area (Å²) in [4.78, 5) is 17.1. The first-order valence-corrected chi connectivity index (χ1v) is 7.11. The molecule has 2 amide bonds. The third-order valence-corrected chi connectivity index (χ3v) is 3.62. The van der Waals surface area contributed by atoms with E-state index in [1.807, 2.05) is 53.4 Å². The number of amides is 2. The van der Waals surface area contributed by atoms with Gasteiger partial charge in [0.25, 0.3) is 0 Å². The van der Waals surface area contributed by atoms with Crippen molar-refractivity contribution in [1.29, 1.82) is 0 Å². The molecule has 0 bridgehead atoms. The Labute approximate surface area is 120 Å². The minimum atomic E-state index is -0.230. The van der Waals surface area contributed by atoms with Crippen molar-refractivity contribution in [2.24, 2.45) is 0 Å². The molecule has 2 aromatic heterocycles. The number of aryl methyl sites for hydroxylation is 1. The van der Waals surface area contributed by atoms with Crippen LogP contribution < -0.4 is 10.6 Å². The number of carbonyl (C=O) groups is 1. The molecule has 0 fully saturated rings. The highest BCUT2D eigenvalue weighted by atomic mass is 32.1. The average Bonchev–Trinajstić information content (AvgIpc) is 2.97. The molecule has 2 N–H and O–H groups in total. The minimum absolute atomic E-state index is 0.230. The maximum atomic E-state index is 11.8. The van der Waals surface area contributed by atoms with Crippen LogP contribution in [0.2, 0.25) is 0 Å². The number of carbonyl (C=O) groups excluding carboxylic acids is 1. The van der Waals surface area contributed by atoms with E-state index in [4.69, 9.17) is 0 Å². The van der Waals surface area contributed by atoms with Gasteiger partial charge < -0.3 is 10.6 Å². The number of anilines is 1. The first-order chi connectivity index (χ1) is 9.70. The van der Waals surface area contributed by atoms with Crippen LogP contribution in [0, 0.1) is 6.92 Å². The Balaban J connectivity index is 1.58. The number of thiazole rings is 1. The number of aromatic nitrogens is 2. The largest absolute Gasteiger partial charge is 0.332 e. The lowest BCUT2D eigenvalue weighted by Crippen LogP contribution is -2.28. The lowest BCUT2D eigenvalue weighted by atomic mass is 10.2. The molecule has 0 saturated carbocycles. The highest BCUT2D eigenvalue weighted by Crippen LogP contribution is 2.11. The number of benzene rings is 1. The Morgan fingerprint density at radius 1 is 1.45 bits per heavy atom. The molecule has 0 atom stereocenters. The number of hydrogen-bond acceptors (Lipinski definition) is 3. The summed E-state index contributed by atoms with van der Waals surface area (Å²) in [7, 11) is 0. The molecule has 0 aliphatic heterocycles. The average molecular weight is 286 g/mol. The standard InChI is InChI=1S/C14H14N4OS/c1-10-3-2-4-11(7-10)16-13(19)15-8-12-9-18-5-6-20-14(18)17-12/h2-7,9H,8H2,1H3,(H2,15,16,19). The topological polar surface area (TPSA) is 58.4 Å². The van der Waals surface area contributed by atoms with Gasteiger partial charge in [0.05, 0.1) is 12.2 Å². The molecule has 0 saturated heterocycles. The Morgan fingerprint density at radius 2 is 2.35 bits per heavy atom. The van der Waals surface area contributed by atoms with Crippen molar-refractivity contribution in [2.75, 3.05) is 5.32 Å². The van der Waals surface area contributed by atoms with Gasteiger partial charge in [0, 0.05) is 23.5 Å². The lowest BCUT2D eigenvalue weighted by Gasteiger charge is -2.06. The van der Waals surface area contributed by atoms with Gasteiger partial charge in [0.15, 0.2) is 4.96 Å². The minimum Gasteiger partial charge on any atom is -0.332 e. The molecule has 0 spiro atoms. The van der Waals surface area contributed by atoms with E-state index in [0.29, 0.717) is 6.54 Å². The molecule has 0 radical (unpaired) electrons. The van der Waals surface area contributed by atoms with Crippen LogP contribution in [0.4, 0.5) is 10.5 Å². The van der Waals surface area contributed by atoms with Gasteiger partial charge in [0.2, 0.25) is 0 Å². The molecule has 102 valence electrons. The molecule has 20 heavy (non-hydrogen) atoms. The number of hydrogen-bond donors (Lipinski definition) is 2. The quantitative estimate of drug-likeness (QED) is 0.777. The summed E-state index contributed by atoms with van der Waals surface area (Å²) in [6.45, 7) is 2.40. The van der Waals surface area contributed by atoms with Gasteiger partial charge >= 0.3 is 6.03 Å². The fourth-order valence-corrected chi connectivity index (χ4v) is 2.65. The van der Waals surface area contributed by atoms with E-state index in [1.165, 1.54) is 0 Å². The highest BCUT2D eigenvalue weighted by molar-refractivity contribution is 7.15. The monoisotopic (exact) mass is 286 g/mol. The Morgan fingerprint density at radius 3 is 3.15 bits per heavy atom. The summed E-state index contributed by atoms with van der Waals surface area (Å²) in [5, 5.41) is 7.57. The summed E-state index contributed by atoms with van der Waals surface area (Å²) in [6, 6.07) is 7.45. The summed E-state index contributed by atoms with van der Waals surface area (Å²) < 4.78 is 1.94. The van der Waals surface area contributed by atoms with E-state index >= 15 is 0 Å². The predicted molar refractivity (Wildman–Crippen MR) is 80.1 cm³/mol. The molecular weight excluding hydrogens is 272 g/mol. The van der Waals surface area contributed by atoms with Crippen LogP contribution in [-0.4, -0.2) is 15.4 Å². The number of urea groups is 1. The van der Waals surface area contributed by atoms with E-state index in [2.05, 4.69) is 15.6 Å². The van der Waals surface area contributed by atoms with Crippen molar-refractivity contribution in [3.8, 4) is 0 Å². The zero-order valence-electron chi connectivity index (χ0n) is 11.0. The fraction of sp³-hybridized carbons (Fsp3) is 0.143. The normalized spacial score (nSPS) is 10.7. The molecule has 2 heterocycles. The predicted octanol–water partition coefficient (Wildman–Crippen LogP) is 3.03. The van der Waals surface area contributed by atoms with Crippen molar-refractivity contribution in [3.63, 3.8) is 0 Å². The second-order valence-electron chi connectivity index (χ2n) is 4.50. The van der Waals surface area contributed by atoms with Crippen LogP contribution in [0.3, 0.4) is 0 Å². The van der Waals surface area contributed by atoms with E-state index in [9.17, 15) is 4.79 Å². The van der Waals surface area contributed by atoms with Gasteiger partial charge in [-0.1, -0.05) is 12.1 Å². The number of rotatable bonds is 3. The summed E-state index contributed by atoms with van der Waals surface area (Å²) in [6.07, 6.45) is 3.86. The molecule has 5 nitrogen and oxygen atoms in total. The number of nitrogens with zero attached hydrogens (tertiary/aromatic N) is 2. The molecule has 1 aromatic carbocycles. The molecule has 3 rings (SSSR count). The zero-order chi connectivity index (χ0) is 13.9. The summed E-state index contributed by atoms with van der Waals surface area (Å²) in [5.74, 6) is 0. The molecule has 0 aliphatic rings. The molecule has 0 aliphatic carbocycles. The molecular formula is C14H14N4OS. The molecule has 0 unspecified atom stereocenters. The van der Waals surface area contributed by atoms with Crippen LogP contribution in [0.5, 0.6) is 0 Å². The van der Waals surface area contributed by atoms with Crippen LogP contribution in [-0.2, 0) is 6.54 Å². The van der Waals surface area contributed by atoms with Crippen LogP contribution >= 0.6 is 11.3 Å². The maximum absolute atomic E-state index is 11.8. The third kappa shape index (κ3) is 2.80. The van der Waals surface area contributed by atoms with E-state index < -0.39 is 0 Å². The van der Waals surface area contributed by atoms with Crippen LogP contribution in [0.1, 0.15) is 11.3 Å². The van der Waals surface area contributed by atoms with Gasteiger partial charge in [-0.2, -0.15) is 0 Å². The zero-order valence-corrected chi connectivity index (χ0v) is 11.8. The summed E-state index contributed by atoms with van der Waals surface area (Å²) >= 11 is 1.57. The number of nitrogens with one attached hydrogen (secondary N) is 2. The van der Waals surface area contributed by atoms with Crippen molar-refractivity contribution in [2.45, 2.75) is 13.5 Å². The first kappa shape index (κ1) is 12.7. The van der Waals surface area contributed by atoms with Crippen molar-refractivity contribution in [3.05, 3.63) is 53.3 Å². The first-order valence-electron chi connectivity index (χ1n) is 6.23. The van der Waals surface area contributed by atoms with Crippen LogP contribution in [0.15, 0.2) is 42.0 Å². The van der Waals surface area contributed by atoms with Gasteiger partial charge in [-0.15, -0.1) is 11.3 Å². The van der Waals surface area contributed by atoms with Crippen molar-refractivity contribution in [1.82, 2.24) is 14.7 Å². The van der Waals surface area contributed by atoms with E-state index in [1.54, 1.807) is 11.3 Å². The van der Waals surface area contributed by atoms with Gasteiger partial charge in [0.1, 0.15) is 0 Å². The highest BCUT2D eigenvalue weighted by Gasteiger charge is 2.05. The Kier molecular flexibility index (Phi) is 3.39. The SMILES string of the molecule is Cc1cccc(NC(=O)NCc2cn3ccsc3n2)c1. The number of fused-ring (bicyclic) bond motifs is 1. The van der Waals surface area contributed by atoms with E-state index in [-0.39, 0.29) is 6.03 Å². The van der Waals surface area contributed by atoms with Crippen molar-refractivity contribution < 1.29 is 4.79 Å². The maximum Gasteiger partial charge on any atom is 0.319 e. The second-order valence-corrected chi connectivity index (χ2v) is 5.38. The third-order valence-electron chi connectivity index (χ3n) is 2.85. The van der Waals surface area contributed by atoms with Crippen LogP contribution in [0.25, 0.3) is 4.96 Å². The van der Waals surface area contributed by atoms with Crippen molar-refractivity contribution >= 4 is 28.0 Å². The Hall–Kier alpha value is -2.34. The lowest BCUT2D eigenvalue weighted by molar-refractivity contribution is 0.251. The smallest absolute Gasteiger partial charge is 0.319 e. The van der Waals surface area contributed by atoms with E-state index in [0.717, 1.165) is 21.9 Å². The molecule has 3 aromatic rings.